The van der Waals surface area contributed by atoms with Crippen LogP contribution >= 0.6 is 0 Å². The summed E-state index contributed by atoms with van der Waals surface area (Å²) in [5.74, 6) is 0.694. The summed E-state index contributed by atoms with van der Waals surface area (Å²) in [4.78, 5) is 0.253. The molecule has 5 nitrogen and oxygen atoms in total. The van der Waals surface area contributed by atoms with E-state index in [2.05, 4.69) is 10.0 Å². The molecule has 2 rings (SSSR count). The molecular formula is C11H16N2O3S. The SMILES string of the molecule is CC(C)NS(=O)(=O)c1ccc2c(c1)NCCO2. The van der Waals surface area contributed by atoms with E-state index in [4.69, 9.17) is 4.74 Å². The molecule has 1 heterocycles. The van der Waals surface area contributed by atoms with Gasteiger partial charge in [-0.25, -0.2) is 13.1 Å². The van der Waals surface area contributed by atoms with Gasteiger partial charge in [-0.15, -0.1) is 0 Å². The average molecular weight is 256 g/mol. The maximum Gasteiger partial charge on any atom is 0.240 e. The number of nitrogens with one attached hydrogen (secondary N) is 2. The Kier molecular flexibility index (Phi) is 3.26. The Balaban J connectivity index is 2.34. The summed E-state index contributed by atoms with van der Waals surface area (Å²) in [5, 5.41) is 3.11. The predicted octanol–water partition coefficient (Wildman–Crippen LogP) is 1.18. The van der Waals surface area contributed by atoms with Gasteiger partial charge >= 0.3 is 0 Å². The molecule has 0 unspecified atom stereocenters. The Hall–Kier alpha value is -1.27. The lowest BCUT2D eigenvalue weighted by Crippen LogP contribution is -2.30. The van der Waals surface area contributed by atoms with Gasteiger partial charge in [0.05, 0.1) is 10.6 Å². The lowest BCUT2D eigenvalue weighted by Gasteiger charge is -2.20. The van der Waals surface area contributed by atoms with Gasteiger partial charge in [-0.2, -0.15) is 0 Å². The molecule has 0 aromatic heterocycles. The predicted molar refractivity (Wildman–Crippen MR) is 65.9 cm³/mol. The normalized spacial score (nSPS) is 15.0. The molecule has 0 saturated carbocycles. The Labute approximate surface area is 101 Å². The first-order valence-electron chi connectivity index (χ1n) is 5.52. The molecule has 0 aliphatic carbocycles. The smallest absolute Gasteiger partial charge is 0.240 e. The van der Waals surface area contributed by atoms with Gasteiger partial charge in [0, 0.05) is 12.6 Å². The van der Waals surface area contributed by atoms with Crippen molar-refractivity contribution < 1.29 is 13.2 Å². The van der Waals surface area contributed by atoms with Crippen LogP contribution in [0.25, 0.3) is 0 Å². The number of rotatable bonds is 3. The van der Waals surface area contributed by atoms with Crippen molar-refractivity contribution >= 4 is 15.7 Å². The number of hydrogen-bond acceptors (Lipinski definition) is 4. The third kappa shape index (κ3) is 2.70. The molecule has 0 bridgehead atoms. The van der Waals surface area contributed by atoms with Crippen molar-refractivity contribution in [3.63, 3.8) is 0 Å². The van der Waals surface area contributed by atoms with E-state index in [1.807, 2.05) is 0 Å². The number of hydrogen-bond donors (Lipinski definition) is 2. The molecule has 94 valence electrons. The molecular weight excluding hydrogens is 240 g/mol. The summed E-state index contributed by atoms with van der Waals surface area (Å²) in [6, 6.07) is 4.70. The minimum Gasteiger partial charge on any atom is -0.490 e. The van der Waals surface area contributed by atoms with E-state index in [9.17, 15) is 8.42 Å². The van der Waals surface area contributed by atoms with Crippen LogP contribution in [0.1, 0.15) is 13.8 Å². The van der Waals surface area contributed by atoms with E-state index in [-0.39, 0.29) is 10.9 Å². The highest BCUT2D eigenvalue weighted by atomic mass is 32.2. The molecule has 1 aliphatic heterocycles. The quantitative estimate of drug-likeness (QED) is 0.852. The molecule has 2 N–H and O–H groups in total. The fourth-order valence-electron chi connectivity index (χ4n) is 1.67. The molecule has 1 aliphatic rings. The van der Waals surface area contributed by atoms with E-state index in [1.165, 1.54) is 0 Å². The minimum absolute atomic E-state index is 0.125. The Morgan fingerprint density at radius 1 is 1.41 bits per heavy atom. The van der Waals surface area contributed by atoms with Crippen molar-refractivity contribution in [2.24, 2.45) is 0 Å². The van der Waals surface area contributed by atoms with Gasteiger partial charge in [0.2, 0.25) is 10.0 Å². The van der Waals surface area contributed by atoms with Gasteiger partial charge in [0.25, 0.3) is 0 Å². The maximum atomic E-state index is 11.9. The highest BCUT2D eigenvalue weighted by Crippen LogP contribution is 2.29. The summed E-state index contributed by atoms with van der Waals surface area (Å²) < 4.78 is 31.8. The molecule has 0 atom stereocenters. The fourth-order valence-corrected chi connectivity index (χ4v) is 2.94. The van der Waals surface area contributed by atoms with Gasteiger partial charge in [0.1, 0.15) is 12.4 Å². The molecule has 0 saturated heterocycles. The molecule has 17 heavy (non-hydrogen) atoms. The maximum absolute atomic E-state index is 11.9. The Morgan fingerprint density at radius 3 is 2.88 bits per heavy atom. The van der Waals surface area contributed by atoms with Crippen LogP contribution in [0.4, 0.5) is 5.69 Å². The monoisotopic (exact) mass is 256 g/mol. The molecule has 6 heteroatoms. The molecule has 1 aromatic carbocycles. The second kappa shape index (κ2) is 4.54. The van der Waals surface area contributed by atoms with Gasteiger partial charge in [-0.05, 0) is 32.0 Å². The average Bonchev–Trinajstić information content (AvgIpc) is 2.26. The van der Waals surface area contributed by atoms with E-state index in [0.717, 1.165) is 5.69 Å². The highest BCUT2D eigenvalue weighted by molar-refractivity contribution is 7.89. The number of sulfonamides is 1. The summed E-state index contributed by atoms with van der Waals surface area (Å²) in [7, 11) is -3.44. The molecule has 1 aromatic rings. The first-order valence-corrected chi connectivity index (χ1v) is 7.00. The van der Waals surface area contributed by atoms with Gasteiger partial charge in [-0.3, -0.25) is 0 Å². The van der Waals surface area contributed by atoms with Gasteiger partial charge < -0.3 is 10.1 Å². The van der Waals surface area contributed by atoms with Crippen LogP contribution in [0.2, 0.25) is 0 Å². The molecule has 0 spiro atoms. The van der Waals surface area contributed by atoms with Crippen LogP contribution < -0.4 is 14.8 Å². The molecule has 0 amide bonds. The van der Waals surface area contributed by atoms with Crippen LogP contribution in [-0.2, 0) is 10.0 Å². The zero-order valence-corrected chi connectivity index (χ0v) is 10.7. The van der Waals surface area contributed by atoms with Crippen LogP contribution in [-0.4, -0.2) is 27.6 Å². The van der Waals surface area contributed by atoms with Crippen molar-refractivity contribution in [3.05, 3.63) is 18.2 Å². The largest absolute Gasteiger partial charge is 0.490 e. The van der Waals surface area contributed by atoms with Crippen molar-refractivity contribution in [3.8, 4) is 5.75 Å². The topological polar surface area (TPSA) is 67.4 Å². The van der Waals surface area contributed by atoms with Crippen LogP contribution in [0.5, 0.6) is 5.75 Å². The second-order valence-corrected chi connectivity index (χ2v) is 5.92. The zero-order valence-electron chi connectivity index (χ0n) is 9.86. The number of benzene rings is 1. The lowest BCUT2D eigenvalue weighted by atomic mass is 10.2. The van der Waals surface area contributed by atoms with Crippen molar-refractivity contribution in [1.29, 1.82) is 0 Å². The Bertz CT molecular complexity index is 511. The van der Waals surface area contributed by atoms with Crippen LogP contribution in [0.15, 0.2) is 23.1 Å². The van der Waals surface area contributed by atoms with Crippen molar-refractivity contribution in [2.75, 3.05) is 18.5 Å². The van der Waals surface area contributed by atoms with E-state index in [1.54, 1.807) is 32.0 Å². The van der Waals surface area contributed by atoms with Crippen molar-refractivity contribution in [2.45, 2.75) is 24.8 Å². The van der Waals surface area contributed by atoms with E-state index in [0.29, 0.717) is 18.9 Å². The summed E-state index contributed by atoms with van der Waals surface area (Å²) in [6.45, 7) is 4.87. The zero-order chi connectivity index (χ0) is 12.5. The highest BCUT2D eigenvalue weighted by Gasteiger charge is 2.18. The summed E-state index contributed by atoms with van der Waals surface area (Å²) in [6.07, 6.45) is 0. The number of fused-ring (bicyclic) bond motifs is 1. The molecule has 0 fully saturated rings. The summed E-state index contributed by atoms with van der Waals surface area (Å²) in [5.41, 5.74) is 0.725. The van der Waals surface area contributed by atoms with Crippen molar-refractivity contribution in [1.82, 2.24) is 4.72 Å². The third-order valence-corrected chi connectivity index (χ3v) is 3.98. The first kappa shape index (κ1) is 12.2. The second-order valence-electron chi connectivity index (χ2n) is 4.21. The number of anilines is 1. The fraction of sp³-hybridized carbons (Fsp3) is 0.455. The van der Waals surface area contributed by atoms with E-state index >= 15 is 0 Å². The van der Waals surface area contributed by atoms with Gasteiger partial charge in [0.15, 0.2) is 0 Å². The van der Waals surface area contributed by atoms with Gasteiger partial charge in [-0.1, -0.05) is 0 Å². The first-order chi connectivity index (χ1) is 7.99. The lowest BCUT2D eigenvalue weighted by molar-refractivity contribution is 0.323. The number of ether oxygens (including phenoxy) is 1. The molecule has 0 radical (unpaired) electrons. The van der Waals surface area contributed by atoms with Crippen LogP contribution in [0.3, 0.4) is 0 Å². The Morgan fingerprint density at radius 2 is 2.18 bits per heavy atom. The van der Waals surface area contributed by atoms with Crippen LogP contribution in [0, 0.1) is 0 Å². The van der Waals surface area contributed by atoms with E-state index < -0.39 is 10.0 Å². The third-order valence-electron chi connectivity index (χ3n) is 2.33. The summed E-state index contributed by atoms with van der Waals surface area (Å²) >= 11 is 0. The minimum atomic E-state index is -3.44. The standard InChI is InChI=1S/C11H16N2O3S/c1-8(2)13-17(14,15)9-3-4-11-10(7-9)12-5-6-16-11/h3-4,7-8,12-13H,5-6H2,1-2H3.